The highest BCUT2D eigenvalue weighted by atomic mass is 79.9. The molecule has 112 valence electrons. The van der Waals surface area contributed by atoms with E-state index in [1.807, 2.05) is 24.3 Å². The first kappa shape index (κ1) is 17.0. The molecule has 21 heavy (non-hydrogen) atoms. The van der Waals surface area contributed by atoms with Gasteiger partial charge in [-0.15, -0.1) is 0 Å². The molecule has 0 bridgehead atoms. The van der Waals surface area contributed by atoms with Gasteiger partial charge in [-0.1, -0.05) is 61.7 Å². The Morgan fingerprint density at radius 3 is 2.43 bits per heavy atom. The van der Waals surface area contributed by atoms with Crippen LogP contribution in [0, 0.1) is 0 Å². The maximum atomic E-state index is 12.4. The van der Waals surface area contributed by atoms with Crippen molar-refractivity contribution >= 4 is 53.5 Å². The smallest absolute Gasteiger partial charge is 0.207 e. The first-order chi connectivity index (χ1) is 9.81. The molecule has 0 saturated carbocycles. The zero-order valence-electron chi connectivity index (χ0n) is 11.0. The van der Waals surface area contributed by atoms with Gasteiger partial charge in [0.15, 0.2) is 0 Å². The number of sulfonamides is 1. The van der Waals surface area contributed by atoms with Crippen LogP contribution in [0.3, 0.4) is 0 Å². The number of hydrogen-bond acceptors (Lipinski definition) is 2. The minimum absolute atomic E-state index is 0.0614. The topological polar surface area (TPSA) is 46.2 Å². The minimum Gasteiger partial charge on any atom is -0.207 e. The number of benzene rings is 2. The zero-order valence-corrected chi connectivity index (χ0v) is 15.7. The summed E-state index contributed by atoms with van der Waals surface area (Å²) in [5.74, 6) is 0. The molecule has 0 aliphatic carbocycles. The monoisotopic (exact) mass is 451 g/mol. The van der Waals surface area contributed by atoms with Gasteiger partial charge in [-0.25, -0.2) is 13.1 Å². The lowest BCUT2D eigenvalue weighted by molar-refractivity contribution is 0.566. The van der Waals surface area contributed by atoms with Gasteiger partial charge in [-0.3, -0.25) is 0 Å². The second-order valence-electron chi connectivity index (χ2n) is 4.44. The van der Waals surface area contributed by atoms with E-state index in [4.69, 9.17) is 11.6 Å². The van der Waals surface area contributed by atoms with Gasteiger partial charge in [-0.2, -0.15) is 0 Å². The lowest BCUT2D eigenvalue weighted by Gasteiger charge is -2.16. The van der Waals surface area contributed by atoms with Crippen LogP contribution in [-0.2, 0) is 10.0 Å². The van der Waals surface area contributed by atoms with Crippen molar-refractivity contribution in [3.63, 3.8) is 0 Å². The fourth-order valence-corrected chi connectivity index (χ4v) is 4.77. The summed E-state index contributed by atoms with van der Waals surface area (Å²) < 4.78 is 29.1. The Morgan fingerprint density at radius 1 is 1.14 bits per heavy atom. The van der Waals surface area contributed by atoms with Gasteiger partial charge in [0.2, 0.25) is 10.0 Å². The molecule has 0 saturated heterocycles. The molecule has 0 aliphatic heterocycles. The largest absolute Gasteiger partial charge is 0.242 e. The molecule has 0 aliphatic rings. The van der Waals surface area contributed by atoms with E-state index in [9.17, 15) is 8.42 Å². The Labute approximate surface area is 146 Å². The molecule has 0 radical (unpaired) electrons. The van der Waals surface area contributed by atoms with E-state index < -0.39 is 10.0 Å². The van der Waals surface area contributed by atoms with E-state index >= 15 is 0 Å². The Balaban J connectivity index is 2.31. The van der Waals surface area contributed by atoms with E-state index in [-0.39, 0.29) is 16.0 Å². The molecular weight excluding hydrogens is 441 g/mol. The van der Waals surface area contributed by atoms with Crippen LogP contribution in [-0.4, -0.2) is 8.42 Å². The van der Waals surface area contributed by atoms with E-state index in [1.54, 1.807) is 19.1 Å². The molecule has 0 heterocycles. The maximum Gasteiger partial charge on any atom is 0.242 e. The van der Waals surface area contributed by atoms with Crippen LogP contribution >= 0.6 is 43.5 Å². The van der Waals surface area contributed by atoms with Crippen molar-refractivity contribution in [1.82, 2.24) is 4.72 Å². The van der Waals surface area contributed by atoms with Gasteiger partial charge in [0, 0.05) is 15.0 Å². The third kappa shape index (κ3) is 4.07. The predicted molar refractivity (Wildman–Crippen MR) is 92.0 cm³/mol. The van der Waals surface area contributed by atoms with E-state index in [0.717, 1.165) is 14.5 Å². The van der Waals surface area contributed by atoms with Crippen molar-refractivity contribution in [2.75, 3.05) is 0 Å². The van der Waals surface area contributed by atoms with Crippen molar-refractivity contribution in [3.8, 4) is 0 Å². The summed E-state index contributed by atoms with van der Waals surface area (Å²) in [6.45, 7) is 1.78. The third-order valence-corrected chi connectivity index (χ3v) is 6.13. The molecule has 2 aromatic rings. The molecule has 1 N–H and O–H groups in total. The molecule has 2 aromatic carbocycles. The van der Waals surface area contributed by atoms with Gasteiger partial charge in [0.25, 0.3) is 0 Å². The van der Waals surface area contributed by atoms with E-state index in [2.05, 4.69) is 36.6 Å². The molecule has 0 amide bonds. The summed E-state index contributed by atoms with van der Waals surface area (Å²) in [6, 6.07) is 11.8. The molecular formula is C14H12Br2ClNO2S. The van der Waals surface area contributed by atoms with Gasteiger partial charge in [0.1, 0.15) is 4.90 Å². The Bertz CT molecular complexity index is 765. The average Bonchev–Trinajstić information content (AvgIpc) is 2.37. The first-order valence-corrected chi connectivity index (χ1v) is 9.48. The van der Waals surface area contributed by atoms with Gasteiger partial charge >= 0.3 is 0 Å². The Kier molecular flexibility index (Phi) is 5.48. The average molecular weight is 454 g/mol. The summed E-state index contributed by atoms with van der Waals surface area (Å²) in [7, 11) is -3.70. The van der Waals surface area contributed by atoms with E-state index in [0.29, 0.717) is 0 Å². The molecule has 2 rings (SSSR count). The summed E-state index contributed by atoms with van der Waals surface area (Å²) in [5.41, 5.74) is 0.856. The van der Waals surface area contributed by atoms with Gasteiger partial charge in [0.05, 0.1) is 5.02 Å². The number of halogens is 3. The number of nitrogens with one attached hydrogen (secondary N) is 1. The second-order valence-corrected chi connectivity index (χ2v) is 8.30. The molecule has 3 nitrogen and oxygen atoms in total. The lowest BCUT2D eigenvalue weighted by atomic mass is 10.1. The standard InChI is InChI=1S/C14H12Br2ClNO2S/c1-9(11-4-2-3-5-12(11)16)18-21(19,20)14-7-6-10(15)8-13(14)17/h2-9,18H,1H3. The second kappa shape index (κ2) is 6.79. The molecule has 1 atom stereocenters. The van der Waals surface area contributed by atoms with Crippen LogP contribution in [0.4, 0.5) is 0 Å². The molecule has 0 spiro atoms. The predicted octanol–water partition coefficient (Wildman–Crippen LogP) is 4.90. The van der Waals surface area contributed by atoms with Crippen LogP contribution in [0.2, 0.25) is 5.02 Å². The highest BCUT2D eigenvalue weighted by molar-refractivity contribution is 9.10. The lowest BCUT2D eigenvalue weighted by Crippen LogP contribution is -2.27. The SMILES string of the molecule is CC(NS(=O)(=O)c1ccc(Br)cc1Cl)c1ccccc1Br. The Hall–Kier alpha value is -0.400. The molecule has 7 heteroatoms. The summed E-state index contributed by atoms with van der Waals surface area (Å²) >= 11 is 12.7. The number of rotatable bonds is 4. The van der Waals surface area contributed by atoms with Crippen molar-refractivity contribution in [2.24, 2.45) is 0 Å². The van der Waals surface area contributed by atoms with E-state index in [1.165, 1.54) is 6.07 Å². The Morgan fingerprint density at radius 2 is 1.81 bits per heavy atom. The molecule has 1 unspecified atom stereocenters. The maximum absolute atomic E-state index is 12.4. The van der Waals surface area contributed by atoms with Crippen molar-refractivity contribution < 1.29 is 8.42 Å². The quantitative estimate of drug-likeness (QED) is 0.715. The fraction of sp³-hybridized carbons (Fsp3) is 0.143. The zero-order chi connectivity index (χ0) is 15.6. The van der Waals surface area contributed by atoms with Gasteiger partial charge in [-0.05, 0) is 36.8 Å². The fourth-order valence-electron chi connectivity index (χ4n) is 1.88. The minimum atomic E-state index is -3.70. The number of hydrogen-bond donors (Lipinski definition) is 1. The van der Waals surface area contributed by atoms with Crippen LogP contribution < -0.4 is 4.72 Å². The summed E-state index contributed by atoms with van der Waals surface area (Å²) in [4.78, 5) is 0.0614. The van der Waals surface area contributed by atoms with Gasteiger partial charge < -0.3 is 0 Å². The summed E-state index contributed by atoms with van der Waals surface area (Å²) in [5, 5.41) is 0.177. The highest BCUT2D eigenvalue weighted by Gasteiger charge is 2.22. The first-order valence-electron chi connectivity index (χ1n) is 6.03. The van der Waals surface area contributed by atoms with Crippen molar-refractivity contribution in [2.45, 2.75) is 17.9 Å². The van der Waals surface area contributed by atoms with Crippen LogP contribution in [0.15, 0.2) is 56.3 Å². The summed E-state index contributed by atoms with van der Waals surface area (Å²) in [6.07, 6.45) is 0. The highest BCUT2D eigenvalue weighted by Crippen LogP contribution is 2.28. The molecule has 0 fully saturated rings. The van der Waals surface area contributed by atoms with Crippen LogP contribution in [0.5, 0.6) is 0 Å². The van der Waals surface area contributed by atoms with Crippen molar-refractivity contribution in [3.05, 3.63) is 62.0 Å². The third-order valence-electron chi connectivity index (χ3n) is 2.89. The van der Waals surface area contributed by atoms with Crippen molar-refractivity contribution in [1.29, 1.82) is 0 Å². The van der Waals surface area contributed by atoms with Crippen LogP contribution in [0.25, 0.3) is 0 Å². The van der Waals surface area contributed by atoms with Crippen LogP contribution in [0.1, 0.15) is 18.5 Å². The molecule has 0 aromatic heterocycles. The normalized spacial score (nSPS) is 13.1.